The molecule has 0 aliphatic rings. The molecule has 0 saturated heterocycles. The average molecular weight is 512 g/mol. The number of allylic oxidation sites excluding steroid dienone is 3. The standard InChI is InChI=1S/C25H33N7O3S/c1-16(26)9-10-17(27)13-28-23(33)20-15-36-22(31-20)11-12-32(24(34)35-25(2,3)4)14-21-29-18-7-5-6-8-19(18)30-21/h5-10,15H,11-14,26-27H2,1-4H3,(H,28,33)(H,29,30)/b16-9-,17-10-. The van der Waals surface area contributed by atoms with Crippen molar-refractivity contribution in [3.05, 3.63) is 69.7 Å². The molecule has 3 rings (SSSR count). The van der Waals surface area contributed by atoms with Gasteiger partial charge in [0.25, 0.3) is 5.91 Å². The molecule has 0 bridgehead atoms. The zero-order valence-corrected chi connectivity index (χ0v) is 21.8. The van der Waals surface area contributed by atoms with Gasteiger partial charge in [-0.1, -0.05) is 12.1 Å². The van der Waals surface area contributed by atoms with E-state index < -0.39 is 11.7 Å². The number of aromatic nitrogens is 3. The summed E-state index contributed by atoms with van der Waals surface area (Å²) in [4.78, 5) is 39.2. The molecule has 2 amide bonds. The van der Waals surface area contributed by atoms with Gasteiger partial charge in [-0.05, 0) is 52.0 Å². The Kier molecular flexibility index (Phi) is 8.70. The molecule has 36 heavy (non-hydrogen) atoms. The highest BCUT2D eigenvalue weighted by molar-refractivity contribution is 7.09. The number of amides is 2. The highest BCUT2D eigenvalue weighted by atomic mass is 32.1. The van der Waals surface area contributed by atoms with E-state index >= 15 is 0 Å². The van der Waals surface area contributed by atoms with Crippen LogP contribution in [0.4, 0.5) is 4.79 Å². The van der Waals surface area contributed by atoms with Crippen LogP contribution in [0.2, 0.25) is 0 Å². The van der Waals surface area contributed by atoms with Crippen molar-refractivity contribution in [3.63, 3.8) is 0 Å². The summed E-state index contributed by atoms with van der Waals surface area (Å²) in [6, 6.07) is 7.69. The molecule has 3 aromatic rings. The lowest BCUT2D eigenvalue weighted by atomic mass is 10.2. The Morgan fingerprint density at radius 2 is 1.94 bits per heavy atom. The van der Waals surface area contributed by atoms with Crippen LogP contribution in [0.3, 0.4) is 0 Å². The monoisotopic (exact) mass is 511 g/mol. The summed E-state index contributed by atoms with van der Waals surface area (Å²) in [5, 5.41) is 5.15. The molecule has 0 aliphatic carbocycles. The fourth-order valence-electron chi connectivity index (χ4n) is 3.15. The van der Waals surface area contributed by atoms with Gasteiger partial charge in [-0.15, -0.1) is 11.3 Å². The summed E-state index contributed by atoms with van der Waals surface area (Å²) in [6.07, 6.45) is 3.33. The van der Waals surface area contributed by atoms with E-state index in [9.17, 15) is 9.59 Å². The van der Waals surface area contributed by atoms with Crippen molar-refractivity contribution >= 4 is 34.4 Å². The molecule has 2 heterocycles. The molecule has 192 valence electrons. The second-order valence-electron chi connectivity index (χ2n) is 9.31. The van der Waals surface area contributed by atoms with Gasteiger partial charge in [0.1, 0.15) is 17.1 Å². The highest BCUT2D eigenvalue weighted by Gasteiger charge is 2.24. The van der Waals surface area contributed by atoms with Crippen LogP contribution in [0.25, 0.3) is 11.0 Å². The normalized spacial score (nSPS) is 12.6. The first kappa shape index (κ1) is 26.7. The van der Waals surface area contributed by atoms with Crippen molar-refractivity contribution < 1.29 is 14.3 Å². The Morgan fingerprint density at radius 3 is 2.64 bits per heavy atom. The number of para-hydroxylation sites is 2. The second kappa shape index (κ2) is 11.7. The third kappa shape index (κ3) is 8.12. The number of H-pyrrole nitrogens is 1. The van der Waals surface area contributed by atoms with Gasteiger partial charge in [0.05, 0.1) is 29.1 Å². The molecule has 6 N–H and O–H groups in total. The van der Waals surface area contributed by atoms with Crippen molar-refractivity contribution in [1.29, 1.82) is 0 Å². The summed E-state index contributed by atoms with van der Waals surface area (Å²) < 4.78 is 5.60. The summed E-state index contributed by atoms with van der Waals surface area (Å²) >= 11 is 1.36. The number of thiazole rings is 1. The number of aromatic amines is 1. The largest absolute Gasteiger partial charge is 0.444 e. The Labute approximate surface area is 214 Å². The molecule has 10 nitrogen and oxygen atoms in total. The number of ether oxygens (including phenoxy) is 1. The van der Waals surface area contributed by atoms with Crippen molar-refractivity contribution in [3.8, 4) is 0 Å². The third-order valence-corrected chi connectivity index (χ3v) is 5.73. The zero-order valence-electron chi connectivity index (χ0n) is 21.0. The van der Waals surface area contributed by atoms with Crippen LogP contribution in [0, 0.1) is 0 Å². The van der Waals surface area contributed by atoms with E-state index in [0.29, 0.717) is 35.9 Å². The predicted octanol–water partition coefficient (Wildman–Crippen LogP) is 3.43. The van der Waals surface area contributed by atoms with Gasteiger partial charge >= 0.3 is 6.09 Å². The van der Waals surface area contributed by atoms with Gasteiger partial charge in [0, 0.05) is 29.7 Å². The number of rotatable bonds is 9. The summed E-state index contributed by atoms with van der Waals surface area (Å²) in [5.74, 6) is 0.333. The number of fused-ring (bicyclic) bond motifs is 1. The van der Waals surface area contributed by atoms with Crippen LogP contribution in [0.15, 0.2) is 53.2 Å². The lowest BCUT2D eigenvalue weighted by molar-refractivity contribution is 0.0231. The highest BCUT2D eigenvalue weighted by Crippen LogP contribution is 2.17. The Balaban J connectivity index is 1.64. The zero-order chi connectivity index (χ0) is 26.3. The molecule has 0 spiro atoms. The van der Waals surface area contributed by atoms with E-state index in [1.165, 1.54) is 11.3 Å². The smallest absolute Gasteiger partial charge is 0.410 e. The van der Waals surface area contributed by atoms with Crippen LogP contribution in [0.5, 0.6) is 0 Å². The van der Waals surface area contributed by atoms with Gasteiger partial charge in [0.2, 0.25) is 0 Å². The van der Waals surface area contributed by atoms with Gasteiger partial charge in [0.15, 0.2) is 0 Å². The van der Waals surface area contributed by atoms with Crippen LogP contribution in [-0.4, -0.2) is 50.5 Å². The maximum absolute atomic E-state index is 12.9. The number of imidazole rings is 1. The summed E-state index contributed by atoms with van der Waals surface area (Å²) in [6.45, 7) is 8.01. The fraction of sp³-hybridized carbons (Fsp3) is 0.360. The molecule has 0 atom stereocenters. The SMILES string of the molecule is C/C(N)=C/C=C(\N)CNC(=O)c1csc(CCN(Cc2nc3ccccc3[nH]2)C(=O)OC(C)(C)C)n1. The maximum Gasteiger partial charge on any atom is 0.410 e. The van der Waals surface area contributed by atoms with Crippen LogP contribution >= 0.6 is 11.3 Å². The van der Waals surface area contributed by atoms with E-state index in [2.05, 4.69) is 20.3 Å². The number of hydrogen-bond acceptors (Lipinski definition) is 8. The maximum atomic E-state index is 12.9. The van der Waals surface area contributed by atoms with E-state index in [1.807, 2.05) is 45.0 Å². The van der Waals surface area contributed by atoms with Gasteiger partial charge in [-0.25, -0.2) is 14.8 Å². The Morgan fingerprint density at radius 1 is 1.19 bits per heavy atom. The van der Waals surface area contributed by atoms with Crippen molar-refractivity contribution in [1.82, 2.24) is 25.2 Å². The molecule has 0 radical (unpaired) electrons. The quantitative estimate of drug-likeness (QED) is 0.321. The molecular weight excluding hydrogens is 478 g/mol. The van der Waals surface area contributed by atoms with E-state index in [4.69, 9.17) is 16.2 Å². The van der Waals surface area contributed by atoms with E-state index in [1.54, 1.807) is 29.4 Å². The minimum atomic E-state index is -0.634. The molecule has 0 saturated carbocycles. The first-order valence-corrected chi connectivity index (χ1v) is 12.4. The van der Waals surface area contributed by atoms with Crippen LogP contribution in [-0.2, 0) is 17.7 Å². The minimum Gasteiger partial charge on any atom is -0.444 e. The lowest BCUT2D eigenvalue weighted by Crippen LogP contribution is -2.38. The number of nitrogens with zero attached hydrogens (tertiary/aromatic N) is 3. The summed E-state index contributed by atoms with van der Waals surface area (Å²) in [7, 11) is 0. The molecule has 1 aromatic carbocycles. The molecule has 0 unspecified atom stereocenters. The molecule has 2 aromatic heterocycles. The number of nitrogens with one attached hydrogen (secondary N) is 2. The average Bonchev–Trinajstić information content (AvgIpc) is 3.44. The Bertz CT molecular complexity index is 1230. The van der Waals surface area contributed by atoms with Gasteiger partial charge in [-0.3, -0.25) is 4.79 Å². The topological polar surface area (TPSA) is 152 Å². The fourth-order valence-corrected chi connectivity index (χ4v) is 3.92. The molecule has 0 fully saturated rings. The molecule has 11 heteroatoms. The van der Waals surface area contributed by atoms with Crippen LogP contribution < -0.4 is 16.8 Å². The van der Waals surface area contributed by atoms with Crippen LogP contribution in [0.1, 0.15) is 49.0 Å². The van der Waals surface area contributed by atoms with Crippen molar-refractivity contribution in [2.75, 3.05) is 13.1 Å². The third-order valence-electron chi connectivity index (χ3n) is 4.82. The lowest BCUT2D eigenvalue weighted by Gasteiger charge is -2.26. The van der Waals surface area contributed by atoms with E-state index in [0.717, 1.165) is 16.0 Å². The minimum absolute atomic E-state index is 0.180. The van der Waals surface area contributed by atoms with Gasteiger partial charge in [-0.2, -0.15) is 0 Å². The second-order valence-corrected chi connectivity index (χ2v) is 10.3. The number of benzene rings is 1. The summed E-state index contributed by atoms with van der Waals surface area (Å²) in [5.41, 5.74) is 13.9. The molecule has 0 aliphatic heterocycles. The first-order valence-electron chi connectivity index (χ1n) is 11.5. The Hall–Kier alpha value is -3.86. The van der Waals surface area contributed by atoms with Crippen molar-refractivity contribution in [2.24, 2.45) is 11.5 Å². The first-order chi connectivity index (χ1) is 17.0. The number of carbonyl (C=O) groups excluding carboxylic acids is 2. The number of nitrogens with two attached hydrogens (primary N) is 2. The van der Waals surface area contributed by atoms with Crippen molar-refractivity contribution in [2.45, 2.75) is 46.3 Å². The van der Waals surface area contributed by atoms with Gasteiger partial charge < -0.3 is 31.4 Å². The molecular formula is C25H33N7O3S. The number of carbonyl (C=O) groups is 2. The predicted molar refractivity (Wildman–Crippen MR) is 141 cm³/mol. The number of hydrogen-bond donors (Lipinski definition) is 4. The van der Waals surface area contributed by atoms with E-state index in [-0.39, 0.29) is 19.0 Å².